The lowest BCUT2D eigenvalue weighted by atomic mass is 10.1. The van der Waals surface area contributed by atoms with Crippen molar-refractivity contribution in [3.63, 3.8) is 0 Å². The number of esters is 1. The average Bonchev–Trinajstić information content (AvgIpc) is 3.06. The van der Waals surface area contributed by atoms with Crippen LogP contribution in [-0.4, -0.2) is 18.1 Å². The average molecular weight is 290 g/mol. The number of aromatic nitrogens is 1. The number of carbonyl (C=O) groups is 1. The Bertz CT molecular complexity index is 747. The zero-order valence-corrected chi connectivity index (χ0v) is 11.7. The highest BCUT2D eigenvalue weighted by molar-refractivity contribution is 7.21. The van der Waals surface area contributed by atoms with Crippen LogP contribution in [0, 0.1) is 0 Å². The molecule has 2 N–H and O–H groups in total. The smallest absolute Gasteiger partial charge is 0.350 e. The second-order valence-electron chi connectivity index (χ2n) is 3.92. The predicted molar refractivity (Wildman–Crippen MR) is 78.7 cm³/mol. The maximum Gasteiger partial charge on any atom is 0.350 e. The van der Waals surface area contributed by atoms with E-state index in [1.807, 2.05) is 17.5 Å². The van der Waals surface area contributed by atoms with E-state index in [1.165, 1.54) is 18.4 Å². The van der Waals surface area contributed by atoms with E-state index in [9.17, 15) is 4.79 Å². The van der Waals surface area contributed by atoms with Crippen molar-refractivity contribution in [2.75, 3.05) is 12.8 Å². The molecule has 3 rings (SSSR count). The lowest BCUT2D eigenvalue weighted by Gasteiger charge is -1.97. The molecular weight excluding hydrogens is 280 g/mol. The number of ether oxygens (including phenoxy) is 1. The summed E-state index contributed by atoms with van der Waals surface area (Å²) < 4.78 is 5.60. The van der Waals surface area contributed by atoms with Gasteiger partial charge in [-0.1, -0.05) is 0 Å². The maximum absolute atomic E-state index is 11.6. The molecule has 0 aliphatic heterocycles. The van der Waals surface area contributed by atoms with Gasteiger partial charge in [0.25, 0.3) is 0 Å². The number of hydrogen-bond acceptors (Lipinski definition) is 6. The Kier molecular flexibility index (Phi) is 2.96. The van der Waals surface area contributed by atoms with Crippen LogP contribution in [0.5, 0.6) is 0 Å². The first-order valence-electron chi connectivity index (χ1n) is 5.49. The highest BCUT2D eigenvalue weighted by Crippen LogP contribution is 2.35. The van der Waals surface area contributed by atoms with Crippen molar-refractivity contribution in [2.45, 2.75) is 0 Å². The van der Waals surface area contributed by atoms with Crippen LogP contribution in [0.2, 0.25) is 0 Å². The predicted octanol–water partition coefficient (Wildman–Crippen LogP) is 3.39. The van der Waals surface area contributed by atoms with Crippen molar-refractivity contribution in [1.29, 1.82) is 0 Å². The van der Waals surface area contributed by atoms with Crippen LogP contribution in [0.3, 0.4) is 0 Å². The summed E-state index contributed by atoms with van der Waals surface area (Å²) in [5.41, 5.74) is 9.12. The van der Waals surface area contributed by atoms with E-state index >= 15 is 0 Å². The molecule has 19 heavy (non-hydrogen) atoms. The summed E-state index contributed by atoms with van der Waals surface area (Å²) in [7, 11) is 1.34. The van der Waals surface area contributed by atoms with Gasteiger partial charge < -0.3 is 10.5 Å². The lowest BCUT2D eigenvalue weighted by molar-refractivity contribution is 0.0607. The largest absolute Gasteiger partial charge is 0.465 e. The Morgan fingerprint density at radius 1 is 1.42 bits per heavy atom. The molecule has 0 aliphatic rings. The molecule has 0 aliphatic carbocycles. The molecule has 3 aromatic rings. The van der Waals surface area contributed by atoms with E-state index in [0.717, 1.165) is 15.8 Å². The Morgan fingerprint density at radius 3 is 2.95 bits per heavy atom. The fraction of sp³-hybridized carbons (Fsp3) is 0.0769. The summed E-state index contributed by atoms with van der Waals surface area (Å²) in [5.74, 6) is -0.419. The van der Waals surface area contributed by atoms with Gasteiger partial charge in [-0.15, -0.1) is 11.3 Å². The van der Waals surface area contributed by atoms with Crippen LogP contribution in [0.1, 0.15) is 9.67 Å². The van der Waals surface area contributed by atoms with Gasteiger partial charge >= 0.3 is 5.97 Å². The topological polar surface area (TPSA) is 65.2 Å². The third kappa shape index (κ3) is 1.98. The first-order chi connectivity index (χ1) is 9.20. The summed E-state index contributed by atoms with van der Waals surface area (Å²) in [4.78, 5) is 16.4. The van der Waals surface area contributed by atoms with Gasteiger partial charge in [0.1, 0.15) is 10.4 Å². The number of rotatable bonds is 2. The molecule has 0 radical (unpaired) electrons. The number of thiophene rings is 2. The minimum atomic E-state index is -0.419. The first kappa shape index (κ1) is 12.1. The van der Waals surface area contributed by atoms with Gasteiger partial charge in [0.15, 0.2) is 0 Å². The molecule has 4 nitrogen and oxygen atoms in total. The summed E-state index contributed by atoms with van der Waals surface area (Å²) in [6.45, 7) is 0. The molecule has 0 aromatic carbocycles. The normalized spacial score (nSPS) is 10.8. The highest BCUT2D eigenvalue weighted by Gasteiger charge is 2.18. The summed E-state index contributed by atoms with van der Waals surface area (Å²) in [6.07, 6.45) is 1.77. The van der Waals surface area contributed by atoms with Crippen molar-refractivity contribution in [3.8, 4) is 11.1 Å². The van der Waals surface area contributed by atoms with Crippen LogP contribution in [0.4, 0.5) is 5.69 Å². The van der Waals surface area contributed by atoms with Gasteiger partial charge in [-0.25, -0.2) is 4.79 Å². The monoisotopic (exact) mass is 290 g/mol. The molecule has 0 amide bonds. The Balaban J connectivity index is 2.17. The van der Waals surface area contributed by atoms with Crippen molar-refractivity contribution >= 4 is 44.5 Å². The molecule has 6 heteroatoms. The quantitative estimate of drug-likeness (QED) is 0.735. The molecule has 3 aromatic heterocycles. The van der Waals surface area contributed by atoms with Gasteiger partial charge in [-0.3, -0.25) is 4.98 Å². The van der Waals surface area contributed by atoms with E-state index in [-0.39, 0.29) is 0 Å². The van der Waals surface area contributed by atoms with Gasteiger partial charge in [0, 0.05) is 11.8 Å². The van der Waals surface area contributed by atoms with Crippen molar-refractivity contribution < 1.29 is 9.53 Å². The summed E-state index contributed by atoms with van der Waals surface area (Å²) in [5, 5.41) is 4.07. The first-order valence-corrected chi connectivity index (χ1v) is 7.25. The van der Waals surface area contributed by atoms with Crippen LogP contribution in [0.25, 0.3) is 21.3 Å². The molecule has 0 bridgehead atoms. The molecule has 96 valence electrons. The minimum absolute atomic E-state index is 0.392. The number of nitrogens with two attached hydrogens (primary N) is 1. The van der Waals surface area contributed by atoms with Gasteiger partial charge in [0.2, 0.25) is 0 Å². The molecule has 0 unspecified atom stereocenters. The number of methoxy groups -OCH3 is 1. The number of carbonyl (C=O) groups excluding carboxylic acids is 1. The second kappa shape index (κ2) is 4.64. The van der Waals surface area contributed by atoms with Crippen molar-refractivity contribution in [1.82, 2.24) is 4.98 Å². The van der Waals surface area contributed by atoms with E-state index in [0.29, 0.717) is 16.1 Å². The van der Waals surface area contributed by atoms with E-state index in [2.05, 4.69) is 10.4 Å². The van der Waals surface area contributed by atoms with Crippen LogP contribution in [0.15, 0.2) is 29.1 Å². The molecule has 0 spiro atoms. The van der Waals surface area contributed by atoms with E-state index < -0.39 is 5.97 Å². The molecule has 0 saturated carbocycles. The maximum atomic E-state index is 11.6. The number of anilines is 1. The standard InChI is InChI=1S/C13H10N2O2S2/c1-17-13(16)12-10(14)11-9(19-12)4-8(5-15-11)7-2-3-18-6-7/h2-6H,14H2,1H3. The fourth-order valence-corrected chi connectivity index (χ4v) is 3.53. The number of nitrogen functional groups attached to an aromatic ring is 1. The molecule has 3 heterocycles. The SMILES string of the molecule is COC(=O)c1sc2cc(-c3ccsc3)cnc2c1N. The molecule has 0 atom stereocenters. The summed E-state index contributed by atoms with van der Waals surface area (Å²) >= 11 is 2.94. The second-order valence-corrected chi connectivity index (χ2v) is 5.75. The number of hydrogen-bond donors (Lipinski definition) is 1. The Hall–Kier alpha value is -1.92. The van der Waals surface area contributed by atoms with Crippen LogP contribution < -0.4 is 5.73 Å². The third-order valence-corrected chi connectivity index (χ3v) is 4.59. The molecular formula is C13H10N2O2S2. The van der Waals surface area contributed by atoms with Crippen molar-refractivity contribution in [2.24, 2.45) is 0 Å². The minimum Gasteiger partial charge on any atom is -0.465 e. The van der Waals surface area contributed by atoms with Gasteiger partial charge in [-0.05, 0) is 28.5 Å². The number of pyridine rings is 1. The Morgan fingerprint density at radius 2 is 2.26 bits per heavy atom. The van der Waals surface area contributed by atoms with Gasteiger partial charge in [0.05, 0.1) is 17.5 Å². The Labute approximate surface area is 117 Å². The van der Waals surface area contributed by atoms with E-state index in [4.69, 9.17) is 10.5 Å². The number of fused-ring (bicyclic) bond motifs is 1. The fourth-order valence-electron chi connectivity index (χ4n) is 1.83. The van der Waals surface area contributed by atoms with Crippen LogP contribution >= 0.6 is 22.7 Å². The van der Waals surface area contributed by atoms with Gasteiger partial charge in [-0.2, -0.15) is 11.3 Å². The molecule has 0 saturated heterocycles. The summed E-state index contributed by atoms with van der Waals surface area (Å²) in [6, 6.07) is 4.03. The highest BCUT2D eigenvalue weighted by atomic mass is 32.1. The zero-order chi connectivity index (χ0) is 13.4. The number of nitrogens with zero attached hydrogens (tertiary/aromatic N) is 1. The molecule has 0 fully saturated rings. The zero-order valence-electron chi connectivity index (χ0n) is 10.0. The lowest BCUT2D eigenvalue weighted by Crippen LogP contribution is -2.01. The van der Waals surface area contributed by atoms with Crippen LogP contribution in [-0.2, 0) is 4.74 Å². The van der Waals surface area contributed by atoms with E-state index in [1.54, 1.807) is 17.5 Å². The van der Waals surface area contributed by atoms with Crippen molar-refractivity contribution in [3.05, 3.63) is 34.0 Å². The third-order valence-electron chi connectivity index (χ3n) is 2.79.